The lowest BCUT2D eigenvalue weighted by molar-refractivity contribution is 0.753. The van der Waals surface area contributed by atoms with Crippen molar-refractivity contribution in [3.8, 4) is 39.3 Å². The van der Waals surface area contributed by atoms with Gasteiger partial charge in [0.15, 0.2) is 5.84 Å². The fourth-order valence-corrected chi connectivity index (χ4v) is 6.98. The van der Waals surface area contributed by atoms with Crippen LogP contribution in [0.1, 0.15) is 29.2 Å². The smallest absolute Gasteiger partial charge is 0.155 e. The Labute approximate surface area is 297 Å². The monoisotopic (exact) mass is 654 g/mol. The summed E-state index contributed by atoms with van der Waals surface area (Å²) in [5.41, 5.74) is 13.2. The van der Waals surface area contributed by atoms with Gasteiger partial charge < -0.3 is 0 Å². The second-order valence-corrected chi connectivity index (χ2v) is 12.8. The van der Waals surface area contributed by atoms with Gasteiger partial charge in [0.1, 0.15) is 5.82 Å². The summed E-state index contributed by atoms with van der Waals surface area (Å²) in [4.78, 5) is 15.5. The minimum absolute atomic E-state index is 0.0270. The van der Waals surface area contributed by atoms with Gasteiger partial charge in [0, 0.05) is 23.2 Å². The molecule has 0 bridgehead atoms. The van der Waals surface area contributed by atoms with Crippen molar-refractivity contribution < 1.29 is 0 Å². The molecule has 1 atom stereocenters. The summed E-state index contributed by atoms with van der Waals surface area (Å²) in [7, 11) is 0. The lowest BCUT2D eigenvalue weighted by Crippen LogP contribution is -2.17. The number of imidazole rings is 1. The molecule has 0 spiro atoms. The van der Waals surface area contributed by atoms with Gasteiger partial charge in [-0.1, -0.05) is 152 Å². The average molecular weight is 655 g/mol. The van der Waals surface area contributed by atoms with Gasteiger partial charge in [0.05, 0.1) is 22.8 Å². The van der Waals surface area contributed by atoms with Gasteiger partial charge in [-0.2, -0.15) is 0 Å². The standard InChI is InChI=1S/C47H34N4/c1-4-14-33(15-5-1)37-18-12-20-39(30-37)44-32-43(35-16-6-2-7-17-35)48-46(49-44)40-21-13-19-38(31-40)34-26-28-36(29-27-34)47-50-42-24-10-11-25-45(42)51(47)41-22-8-3-9-23-41/h1-31,43H,32H2. The quantitative estimate of drug-likeness (QED) is 0.169. The summed E-state index contributed by atoms with van der Waals surface area (Å²) in [5.74, 6) is 1.68. The van der Waals surface area contributed by atoms with Crippen LogP contribution in [0.4, 0.5) is 0 Å². The van der Waals surface area contributed by atoms with E-state index >= 15 is 0 Å². The molecule has 8 aromatic rings. The molecule has 1 aromatic heterocycles. The molecule has 1 unspecified atom stereocenters. The first-order valence-electron chi connectivity index (χ1n) is 17.4. The largest absolute Gasteiger partial charge is 0.292 e. The highest BCUT2D eigenvalue weighted by Gasteiger charge is 2.23. The normalized spacial score (nSPS) is 14.2. The molecule has 1 aliphatic heterocycles. The Balaban J connectivity index is 1.07. The number of hydrogen-bond acceptors (Lipinski definition) is 3. The van der Waals surface area contributed by atoms with Crippen molar-refractivity contribution in [2.24, 2.45) is 9.98 Å². The van der Waals surface area contributed by atoms with Crippen molar-refractivity contribution in [1.82, 2.24) is 9.55 Å². The van der Waals surface area contributed by atoms with E-state index in [1.54, 1.807) is 0 Å². The van der Waals surface area contributed by atoms with Crippen LogP contribution in [0.2, 0.25) is 0 Å². The molecule has 4 nitrogen and oxygen atoms in total. The predicted molar refractivity (Wildman–Crippen MR) is 211 cm³/mol. The first-order chi connectivity index (χ1) is 25.3. The van der Waals surface area contributed by atoms with Crippen LogP contribution >= 0.6 is 0 Å². The fraction of sp³-hybridized carbons (Fsp3) is 0.0426. The lowest BCUT2D eigenvalue weighted by Gasteiger charge is -2.22. The van der Waals surface area contributed by atoms with Crippen molar-refractivity contribution in [3.05, 3.63) is 205 Å². The van der Waals surface area contributed by atoms with E-state index in [9.17, 15) is 0 Å². The summed E-state index contributed by atoms with van der Waals surface area (Å²) < 4.78 is 2.24. The van der Waals surface area contributed by atoms with E-state index in [1.165, 1.54) is 16.7 Å². The van der Waals surface area contributed by atoms with E-state index in [2.05, 4.69) is 180 Å². The molecule has 0 saturated carbocycles. The minimum Gasteiger partial charge on any atom is -0.292 e. The van der Waals surface area contributed by atoms with Crippen molar-refractivity contribution in [1.29, 1.82) is 0 Å². The van der Waals surface area contributed by atoms with Crippen LogP contribution in [0.25, 0.3) is 50.4 Å². The molecule has 0 saturated heterocycles. The molecule has 0 amide bonds. The highest BCUT2D eigenvalue weighted by molar-refractivity contribution is 6.14. The van der Waals surface area contributed by atoms with Gasteiger partial charge in [0.2, 0.25) is 0 Å². The first kappa shape index (κ1) is 30.4. The number of nitrogens with zero attached hydrogens (tertiary/aromatic N) is 4. The molecule has 0 N–H and O–H groups in total. The Hall–Kier alpha value is -6.65. The third kappa shape index (κ3) is 6.09. The van der Waals surface area contributed by atoms with Gasteiger partial charge >= 0.3 is 0 Å². The van der Waals surface area contributed by atoms with E-state index in [0.717, 1.165) is 68.3 Å². The van der Waals surface area contributed by atoms with Gasteiger partial charge in [-0.3, -0.25) is 9.56 Å². The van der Waals surface area contributed by atoms with Crippen molar-refractivity contribution >= 4 is 22.6 Å². The van der Waals surface area contributed by atoms with Crippen molar-refractivity contribution in [2.45, 2.75) is 12.5 Å². The molecule has 0 fully saturated rings. The average Bonchev–Trinajstić information content (AvgIpc) is 3.62. The number of rotatable bonds is 7. The molecule has 7 aromatic carbocycles. The number of aliphatic imine (C=N–C) groups is 2. The highest BCUT2D eigenvalue weighted by atomic mass is 15.1. The van der Waals surface area contributed by atoms with E-state index in [0.29, 0.717) is 0 Å². The molecule has 1 aliphatic rings. The zero-order valence-corrected chi connectivity index (χ0v) is 28.0. The Bertz CT molecular complexity index is 2530. The fourth-order valence-electron chi connectivity index (χ4n) is 6.98. The summed E-state index contributed by atoms with van der Waals surface area (Å²) in [6.07, 6.45) is 0.737. The molecule has 9 rings (SSSR count). The zero-order chi connectivity index (χ0) is 34.0. The summed E-state index contributed by atoms with van der Waals surface area (Å²) >= 11 is 0. The Morgan fingerprint density at radius 2 is 1.00 bits per heavy atom. The topological polar surface area (TPSA) is 42.5 Å². The number of para-hydroxylation sites is 3. The second kappa shape index (κ2) is 13.3. The first-order valence-corrected chi connectivity index (χ1v) is 17.4. The highest BCUT2D eigenvalue weighted by Crippen LogP contribution is 2.33. The van der Waals surface area contributed by atoms with Gasteiger partial charge in [-0.05, 0) is 69.8 Å². The van der Waals surface area contributed by atoms with Crippen LogP contribution < -0.4 is 0 Å². The third-order valence-corrected chi connectivity index (χ3v) is 9.57. The zero-order valence-electron chi connectivity index (χ0n) is 28.0. The summed E-state index contributed by atoms with van der Waals surface area (Å²) in [6.45, 7) is 0. The maximum Gasteiger partial charge on any atom is 0.155 e. The molecule has 242 valence electrons. The molecule has 2 heterocycles. The third-order valence-electron chi connectivity index (χ3n) is 9.57. The predicted octanol–water partition coefficient (Wildman–Crippen LogP) is 11.4. The second-order valence-electron chi connectivity index (χ2n) is 12.8. The molecular formula is C47H34N4. The molecule has 0 radical (unpaired) electrons. The maximum absolute atomic E-state index is 5.24. The molecule has 51 heavy (non-hydrogen) atoms. The summed E-state index contributed by atoms with van der Waals surface area (Å²) in [6, 6.07) is 65.8. The number of fused-ring (bicyclic) bond motifs is 1. The molecule has 0 aliphatic carbocycles. The van der Waals surface area contributed by atoms with Crippen LogP contribution in [0, 0.1) is 0 Å². The molecular weight excluding hydrogens is 621 g/mol. The number of benzene rings is 7. The van der Waals surface area contributed by atoms with Crippen LogP contribution in [0.5, 0.6) is 0 Å². The number of hydrogen-bond donors (Lipinski definition) is 0. The van der Waals surface area contributed by atoms with Crippen LogP contribution in [-0.2, 0) is 0 Å². The Kier molecular flexibility index (Phi) is 7.95. The van der Waals surface area contributed by atoms with Crippen LogP contribution in [0.15, 0.2) is 198 Å². The van der Waals surface area contributed by atoms with E-state index in [4.69, 9.17) is 15.0 Å². The van der Waals surface area contributed by atoms with Crippen molar-refractivity contribution in [2.75, 3.05) is 0 Å². The Morgan fingerprint density at radius 3 is 1.75 bits per heavy atom. The van der Waals surface area contributed by atoms with E-state index < -0.39 is 0 Å². The molecule has 4 heteroatoms. The minimum atomic E-state index is -0.0270. The van der Waals surface area contributed by atoms with E-state index in [-0.39, 0.29) is 6.04 Å². The van der Waals surface area contributed by atoms with Crippen LogP contribution in [-0.4, -0.2) is 21.1 Å². The SMILES string of the molecule is c1ccc(-c2cccc(C3=NC(c4cccc(-c5ccc(-c6nc7ccccc7n6-c6ccccc6)cc5)c4)=NC(c4ccccc4)C3)c2)cc1. The van der Waals surface area contributed by atoms with Crippen LogP contribution in [0.3, 0.4) is 0 Å². The number of aromatic nitrogens is 2. The number of amidine groups is 1. The lowest BCUT2D eigenvalue weighted by atomic mass is 9.93. The van der Waals surface area contributed by atoms with E-state index in [1.807, 2.05) is 12.1 Å². The Morgan fingerprint density at radius 1 is 0.451 bits per heavy atom. The van der Waals surface area contributed by atoms with Crippen molar-refractivity contribution in [3.63, 3.8) is 0 Å². The maximum atomic E-state index is 5.24. The van der Waals surface area contributed by atoms with Gasteiger partial charge in [-0.25, -0.2) is 9.98 Å². The van der Waals surface area contributed by atoms with Gasteiger partial charge in [0.25, 0.3) is 0 Å². The van der Waals surface area contributed by atoms with Gasteiger partial charge in [-0.15, -0.1) is 0 Å². The summed E-state index contributed by atoms with van der Waals surface area (Å²) in [5, 5.41) is 0.